The summed E-state index contributed by atoms with van der Waals surface area (Å²) in [5, 5.41) is 3.28. The van der Waals surface area contributed by atoms with Crippen molar-refractivity contribution in [3.05, 3.63) is 34.3 Å². The van der Waals surface area contributed by atoms with E-state index in [2.05, 4.69) is 46.4 Å². The normalized spacial score (nSPS) is 12.9. The first-order valence-corrected chi connectivity index (χ1v) is 5.00. The Bertz CT molecular complexity index is 243. The number of benzene rings is 1. The summed E-state index contributed by atoms with van der Waals surface area (Å²) in [4.78, 5) is 0. The van der Waals surface area contributed by atoms with Crippen LogP contribution in [0.5, 0.6) is 0 Å². The molecule has 12 heavy (non-hydrogen) atoms. The highest BCUT2D eigenvalue weighted by Crippen LogP contribution is 2.24. The Morgan fingerprint density at radius 2 is 2.08 bits per heavy atom. The van der Waals surface area contributed by atoms with Gasteiger partial charge in [-0.2, -0.15) is 0 Å². The minimum absolute atomic E-state index is 0.459. The van der Waals surface area contributed by atoms with Crippen LogP contribution in [0.1, 0.15) is 24.9 Å². The molecule has 0 aliphatic rings. The number of hydrogen-bond acceptors (Lipinski definition) is 1. The number of halogens is 1. The molecule has 1 aromatic carbocycles. The highest BCUT2D eigenvalue weighted by molar-refractivity contribution is 9.10. The van der Waals surface area contributed by atoms with E-state index in [-0.39, 0.29) is 0 Å². The van der Waals surface area contributed by atoms with Crippen LogP contribution in [0.3, 0.4) is 0 Å². The minimum atomic E-state index is 0.459. The first kappa shape index (κ1) is 9.75. The highest BCUT2D eigenvalue weighted by Gasteiger charge is 2.08. The summed E-state index contributed by atoms with van der Waals surface area (Å²) < 4.78 is 1.19. The summed E-state index contributed by atoms with van der Waals surface area (Å²) in [6, 6.07) is 8.79. The predicted molar refractivity (Wildman–Crippen MR) is 56.2 cm³/mol. The minimum Gasteiger partial charge on any atom is -0.313 e. The van der Waals surface area contributed by atoms with Crippen LogP contribution in [0.2, 0.25) is 0 Å². The maximum atomic E-state index is 3.54. The zero-order chi connectivity index (χ0) is 8.97. The predicted octanol–water partition coefficient (Wildman–Crippen LogP) is 3.12. The van der Waals surface area contributed by atoms with E-state index in [4.69, 9.17) is 0 Å². The van der Waals surface area contributed by atoms with Gasteiger partial charge in [0.15, 0.2) is 0 Å². The molecule has 0 radical (unpaired) electrons. The Labute approximate surface area is 82.3 Å². The van der Waals surface area contributed by atoms with E-state index in [0.717, 1.165) is 6.42 Å². The van der Waals surface area contributed by atoms with E-state index in [1.54, 1.807) is 0 Å². The second-order valence-electron chi connectivity index (χ2n) is 2.77. The van der Waals surface area contributed by atoms with Crippen LogP contribution in [0.4, 0.5) is 0 Å². The summed E-state index contributed by atoms with van der Waals surface area (Å²) in [6.45, 7) is 2.18. The van der Waals surface area contributed by atoms with Crippen molar-refractivity contribution in [2.24, 2.45) is 0 Å². The standard InChI is InChI=1S/C10H14BrN/c1-3-10(12-2)8-6-4-5-7-9(8)11/h4-7,10,12H,3H2,1-2H3. The average Bonchev–Trinajstić information content (AvgIpc) is 2.10. The molecule has 0 aliphatic heterocycles. The summed E-state index contributed by atoms with van der Waals surface area (Å²) in [7, 11) is 1.99. The molecule has 1 atom stereocenters. The van der Waals surface area contributed by atoms with Gasteiger partial charge in [-0.15, -0.1) is 0 Å². The SMILES string of the molecule is CCC(NC)c1ccccc1Br. The molecule has 0 aliphatic carbocycles. The molecule has 1 nitrogen and oxygen atoms in total. The van der Waals surface area contributed by atoms with Crippen LogP contribution in [-0.2, 0) is 0 Å². The van der Waals surface area contributed by atoms with E-state index >= 15 is 0 Å². The van der Waals surface area contributed by atoms with Gasteiger partial charge in [0.1, 0.15) is 0 Å². The summed E-state index contributed by atoms with van der Waals surface area (Å²) in [5.41, 5.74) is 1.34. The van der Waals surface area contributed by atoms with E-state index in [1.165, 1.54) is 10.0 Å². The van der Waals surface area contributed by atoms with Gasteiger partial charge in [0.2, 0.25) is 0 Å². The molecular formula is C10H14BrN. The molecule has 1 rings (SSSR count). The van der Waals surface area contributed by atoms with Crippen molar-refractivity contribution in [3.63, 3.8) is 0 Å². The summed E-state index contributed by atoms with van der Waals surface area (Å²) in [5.74, 6) is 0. The second-order valence-corrected chi connectivity index (χ2v) is 3.63. The maximum Gasteiger partial charge on any atom is 0.0326 e. The van der Waals surface area contributed by atoms with E-state index in [1.807, 2.05) is 13.1 Å². The smallest absolute Gasteiger partial charge is 0.0326 e. The second kappa shape index (κ2) is 4.63. The third kappa shape index (κ3) is 2.08. The zero-order valence-electron chi connectivity index (χ0n) is 7.47. The van der Waals surface area contributed by atoms with Crippen LogP contribution in [0.25, 0.3) is 0 Å². The molecule has 0 saturated carbocycles. The lowest BCUT2D eigenvalue weighted by Crippen LogP contribution is -2.15. The Balaban J connectivity index is 2.92. The molecule has 0 heterocycles. The molecule has 0 aromatic heterocycles. The molecule has 0 fully saturated rings. The third-order valence-electron chi connectivity index (χ3n) is 2.04. The largest absolute Gasteiger partial charge is 0.313 e. The molecule has 1 unspecified atom stereocenters. The Kier molecular flexibility index (Phi) is 3.76. The molecule has 66 valence electrons. The zero-order valence-corrected chi connectivity index (χ0v) is 9.06. The summed E-state index contributed by atoms with van der Waals surface area (Å²) >= 11 is 3.54. The summed E-state index contributed by atoms with van der Waals surface area (Å²) in [6.07, 6.45) is 1.11. The van der Waals surface area contributed by atoms with Gasteiger partial charge in [0, 0.05) is 10.5 Å². The molecule has 0 spiro atoms. The average molecular weight is 228 g/mol. The molecular weight excluding hydrogens is 214 g/mol. The fraction of sp³-hybridized carbons (Fsp3) is 0.400. The lowest BCUT2D eigenvalue weighted by atomic mass is 10.1. The third-order valence-corrected chi connectivity index (χ3v) is 2.76. The van der Waals surface area contributed by atoms with Gasteiger partial charge in [-0.3, -0.25) is 0 Å². The van der Waals surface area contributed by atoms with Gasteiger partial charge in [-0.1, -0.05) is 41.1 Å². The van der Waals surface area contributed by atoms with Gasteiger partial charge >= 0.3 is 0 Å². The van der Waals surface area contributed by atoms with Crippen LogP contribution in [-0.4, -0.2) is 7.05 Å². The van der Waals surface area contributed by atoms with Gasteiger partial charge in [0.25, 0.3) is 0 Å². The fourth-order valence-electron chi connectivity index (χ4n) is 1.34. The quantitative estimate of drug-likeness (QED) is 0.838. The van der Waals surface area contributed by atoms with E-state index in [9.17, 15) is 0 Å². The van der Waals surface area contributed by atoms with E-state index < -0.39 is 0 Å². The fourth-order valence-corrected chi connectivity index (χ4v) is 1.90. The number of rotatable bonds is 3. The number of hydrogen-bond donors (Lipinski definition) is 1. The Morgan fingerprint density at radius 1 is 1.42 bits per heavy atom. The molecule has 1 aromatic rings. The van der Waals surface area contributed by atoms with Crippen molar-refractivity contribution >= 4 is 15.9 Å². The van der Waals surface area contributed by atoms with Crippen molar-refractivity contribution < 1.29 is 0 Å². The molecule has 2 heteroatoms. The van der Waals surface area contributed by atoms with Gasteiger partial charge in [0.05, 0.1) is 0 Å². The monoisotopic (exact) mass is 227 g/mol. The molecule has 0 saturated heterocycles. The topological polar surface area (TPSA) is 12.0 Å². The first-order valence-electron chi connectivity index (χ1n) is 4.21. The van der Waals surface area contributed by atoms with Crippen LogP contribution < -0.4 is 5.32 Å². The van der Waals surface area contributed by atoms with Gasteiger partial charge in [-0.05, 0) is 25.1 Å². The van der Waals surface area contributed by atoms with Crippen molar-refractivity contribution in [1.82, 2.24) is 5.32 Å². The van der Waals surface area contributed by atoms with E-state index in [0.29, 0.717) is 6.04 Å². The van der Waals surface area contributed by atoms with Crippen LogP contribution in [0.15, 0.2) is 28.7 Å². The van der Waals surface area contributed by atoms with Gasteiger partial charge in [-0.25, -0.2) is 0 Å². The highest BCUT2D eigenvalue weighted by atomic mass is 79.9. The number of nitrogens with one attached hydrogen (secondary N) is 1. The maximum absolute atomic E-state index is 3.54. The van der Waals surface area contributed by atoms with Crippen molar-refractivity contribution in [3.8, 4) is 0 Å². The Morgan fingerprint density at radius 3 is 2.58 bits per heavy atom. The van der Waals surface area contributed by atoms with Crippen LogP contribution >= 0.6 is 15.9 Å². The first-order chi connectivity index (χ1) is 5.79. The van der Waals surface area contributed by atoms with Crippen molar-refractivity contribution in [2.45, 2.75) is 19.4 Å². The van der Waals surface area contributed by atoms with Crippen molar-refractivity contribution in [2.75, 3.05) is 7.05 Å². The lowest BCUT2D eigenvalue weighted by molar-refractivity contribution is 0.575. The van der Waals surface area contributed by atoms with Crippen molar-refractivity contribution in [1.29, 1.82) is 0 Å². The molecule has 1 N–H and O–H groups in total. The Hall–Kier alpha value is -0.340. The molecule has 0 amide bonds. The lowest BCUT2D eigenvalue weighted by Gasteiger charge is -2.15. The molecule has 0 bridgehead atoms. The van der Waals surface area contributed by atoms with Crippen LogP contribution in [0, 0.1) is 0 Å². The van der Waals surface area contributed by atoms with Gasteiger partial charge < -0.3 is 5.32 Å².